The van der Waals surface area contributed by atoms with Crippen molar-refractivity contribution < 1.29 is 54.1 Å². The van der Waals surface area contributed by atoms with Gasteiger partial charge in [-0.05, 0) is 75.7 Å². The van der Waals surface area contributed by atoms with Crippen molar-refractivity contribution in [3.05, 3.63) is 23.8 Å². The molecule has 49 heavy (non-hydrogen) atoms. The third-order valence-electron chi connectivity index (χ3n) is 13.6. The highest BCUT2D eigenvalue weighted by molar-refractivity contribution is 5.97. The molecule has 5 aliphatic rings. The Morgan fingerprint density at radius 3 is 2.22 bits per heavy atom. The third kappa shape index (κ3) is 5.99. The van der Waals surface area contributed by atoms with E-state index in [0.717, 1.165) is 5.57 Å². The quantitative estimate of drug-likeness (QED) is 0.151. The summed E-state index contributed by atoms with van der Waals surface area (Å²) in [4.78, 5) is 40.8. The molecule has 0 spiro atoms. The Balaban J connectivity index is 1.64. The second-order valence-electron chi connectivity index (χ2n) is 17.7. The average Bonchev–Trinajstić information content (AvgIpc) is 3.18. The van der Waals surface area contributed by atoms with Crippen LogP contribution < -0.4 is 0 Å². The first-order valence-electron chi connectivity index (χ1n) is 17.8. The summed E-state index contributed by atoms with van der Waals surface area (Å²) >= 11 is 0. The number of ether oxygens (including phenoxy) is 3. The Morgan fingerprint density at radius 1 is 1.00 bits per heavy atom. The smallest absolute Gasteiger partial charge is 0.303 e. The Morgan fingerprint density at radius 2 is 1.63 bits per heavy atom. The summed E-state index contributed by atoms with van der Waals surface area (Å²) in [6.45, 7) is 17.3. The van der Waals surface area contributed by atoms with Crippen LogP contribution in [0.25, 0.3) is 0 Å². The van der Waals surface area contributed by atoms with Crippen molar-refractivity contribution in [3.8, 4) is 0 Å². The summed E-state index contributed by atoms with van der Waals surface area (Å²) in [5, 5.41) is 55.7. The SMILES string of the molecule is CC(=O)O[C@H]1[C@@H](O[C@@H]2C[C@@]3(C)[C@@H]4CC=C5[C@@H](C[C@H](O)[C@@H](O)C5(C)C)[C@]4(C)C(=O)C[C@]3(C)[C@H]2[C@@](C)(O)C(=O)/C=C/C(C)(C)O)O[C@H](C)C[C@H]1O. The minimum absolute atomic E-state index is 0.0143. The number of fused-ring (bicyclic) bond motifs is 5. The molecular formula is C38H58O11. The van der Waals surface area contributed by atoms with Crippen LogP contribution in [0.5, 0.6) is 0 Å². The summed E-state index contributed by atoms with van der Waals surface area (Å²) in [7, 11) is 0. The minimum atomic E-state index is -2.08. The number of aliphatic hydroxyl groups excluding tert-OH is 3. The molecule has 5 rings (SSSR count). The van der Waals surface area contributed by atoms with Crippen molar-refractivity contribution in [2.24, 2.45) is 39.4 Å². The summed E-state index contributed by atoms with van der Waals surface area (Å²) in [5.41, 5.74) is -5.80. The van der Waals surface area contributed by atoms with E-state index in [4.69, 9.17) is 14.2 Å². The molecule has 4 fully saturated rings. The van der Waals surface area contributed by atoms with Crippen molar-refractivity contribution in [2.75, 3.05) is 0 Å². The van der Waals surface area contributed by atoms with Gasteiger partial charge in [-0.2, -0.15) is 0 Å². The molecule has 4 aliphatic carbocycles. The van der Waals surface area contributed by atoms with E-state index in [1.807, 2.05) is 27.7 Å². The minimum Gasteiger partial charge on any atom is -0.454 e. The van der Waals surface area contributed by atoms with Crippen LogP contribution in [0.4, 0.5) is 0 Å². The second kappa shape index (κ2) is 12.3. The Labute approximate surface area is 290 Å². The Bertz CT molecular complexity index is 1410. The lowest BCUT2D eigenvalue weighted by atomic mass is 9.38. The number of carbonyl (C=O) groups is 3. The normalized spacial score (nSPS) is 46.3. The van der Waals surface area contributed by atoms with Gasteiger partial charge in [-0.15, -0.1) is 0 Å². The van der Waals surface area contributed by atoms with E-state index in [1.54, 1.807) is 6.92 Å². The average molecular weight is 691 g/mol. The van der Waals surface area contributed by atoms with Crippen LogP contribution in [0, 0.1) is 39.4 Å². The summed E-state index contributed by atoms with van der Waals surface area (Å²) in [6, 6.07) is 0. The van der Waals surface area contributed by atoms with Gasteiger partial charge in [-0.3, -0.25) is 14.4 Å². The van der Waals surface area contributed by atoms with Crippen molar-refractivity contribution in [1.29, 1.82) is 0 Å². The first-order chi connectivity index (χ1) is 22.3. The number of allylic oxidation sites excluding steroid dienone is 1. The van der Waals surface area contributed by atoms with E-state index in [9.17, 15) is 39.9 Å². The van der Waals surface area contributed by atoms with Crippen molar-refractivity contribution in [1.82, 2.24) is 0 Å². The lowest BCUT2D eigenvalue weighted by molar-refractivity contribution is -0.290. The summed E-state index contributed by atoms with van der Waals surface area (Å²) in [5.74, 6) is -2.90. The lowest BCUT2D eigenvalue weighted by Gasteiger charge is -2.65. The number of carbonyl (C=O) groups excluding carboxylic acids is 3. The number of hydrogen-bond donors (Lipinski definition) is 5. The molecule has 11 heteroatoms. The molecule has 3 saturated carbocycles. The molecule has 0 aromatic rings. The molecule has 1 heterocycles. The van der Waals surface area contributed by atoms with Gasteiger partial charge in [0.15, 0.2) is 18.2 Å². The molecule has 11 nitrogen and oxygen atoms in total. The largest absolute Gasteiger partial charge is 0.454 e. The van der Waals surface area contributed by atoms with E-state index in [-0.39, 0.29) is 36.9 Å². The first-order valence-corrected chi connectivity index (χ1v) is 17.8. The van der Waals surface area contributed by atoms with Crippen LogP contribution in [0.2, 0.25) is 0 Å². The van der Waals surface area contributed by atoms with Gasteiger partial charge in [0, 0.05) is 36.5 Å². The van der Waals surface area contributed by atoms with Crippen LogP contribution in [-0.4, -0.2) is 97.2 Å². The van der Waals surface area contributed by atoms with Gasteiger partial charge in [0.1, 0.15) is 11.4 Å². The first kappa shape index (κ1) is 38.2. The van der Waals surface area contributed by atoms with E-state index < -0.39 is 93.4 Å². The van der Waals surface area contributed by atoms with Crippen LogP contribution in [0.3, 0.4) is 0 Å². The molecule has 276 valence electrons. The molecule has 0 unspecified atom stereocenters. The predicted molar refractivity (Wildman–Crippen MR) is 179 cm³/mol. The molecular weight excluding hydrogens is 632 g/mol. The number of hydrogen-bond acceptors (Lipinski definition) is 11. The molecule has 0 aromatic carbocycles. The molecule has 1 saturated heterocycles. The molecule has 5 N–H and O–H groups in total. The molecule has 0 radical (unpaired) electrons. The Hall–Kier alpha value is -1.99. The predicted octanol–water partition coefficient (Wildman–Crippen LogP) is 3.17. The van der Waals surface area contributed by atoms with Gasteiger partial charge in [0.2, 0.25) is 0 Å². The lowest BCUT2D eigenvalue weighted by Crippen LogP contribution is -2.65. The van der Waals surface area contributed by atoms with Gasteiger partial charge in [0.05, 0.1) is 36.1 Å². The maximum atomic E-state index is 14.8. The maximum absolute atomic E-state index is 14.8. The zero-order valence-electron chi connectivity index (χ0n) is 30.7. The second-order valence-corrected chi connectivity index (χ2v) is 17.7. The van der Waals surface area contributed by atoms with Crippen molar-refractivity contribution in [2.45, 2.75) is 155 Å². The van der Waals surface area contributed by atoms with Crippen LogP contribution >= 0.6 is 0 Å². The number of rotatable bonds is 7. The van der Waals surface area contributed by atoms with Gasteiger partial charge in [0.25, 0.3) is 0 Å². The molecule has 1 aliphatic heterocycles. The van der Waals surface area contributed by atoms with E-state index in [2.05, 4.69) is 13.0 Å². The maximum Gasteiger partial charge on any atom is 0.303 e. The van der Waals surface area contributed by atoms with Gasteiger partial charge in [-0.25, -0.2) is 0 Å². The fourth-order valence-electron chi connectivity index (χ4n) is 10.9. The Kier molecular flexibility index (Phi) is 9.61. The molecule has 0 aromatic heterocycles. The van der Waals surface area contributed by atoms with Gasteiger partial charge in [-0.1, -0.05) is 52.3 Å². The van der Waals surface area contributed by atoms with E-state index in [1.165, 1.54) is 39.8 Å². The van der Waals surface area contributed by atoms with Crippen LogP contribution in [0.1, 0.15) is 101 Å². The third-order valence-corrected chi connectivity index (χ3v) is 13.6. The molecule has 0 bridgehead atoms. The zero-order valence-corrected chi connectivity index (χ0v) is 30.7. The monoisotopic (exact) mass is 690 g/mol. The number of aliphatic hydroxyl groups is 5. The van der Waals surface area contributed by atoms with Gasteiger partial charge < -0.3 is 39.7 Å². The standard InChI is InChI=1S/C38H58O11/c1-19-15-23(40)29(48-20(2)39)32(47-19)49-25-17-35(7)26-12-11-21-22(16-24(41)31(44)34(21,5)6)37(26,9)28(43)18-36(35,8)30(25)38(10,46)27(42)13-14-33(3,4)45/h11,13-14,19,22-26,29-32,40-41,44-46H,12,15-18H2,1-10H3/b14-13+/t19-,22-,23-,24+,25-,26+,29-,30+,31-,32-,35+,36-,37+,38+/m1/s1. The fourth-order valence-corrected chi connectivity index (χ4v) is 10.9. The zero-order chi connectivity index (χ0) is 36.9. The number of ketones is 2. The number of Topliss-reactive ketones (excluding diaryl/α,β-unsaturated/α-hetero) is 1. The van der Waals surface area contributed by atoms with Crippen LogP contribution in [0.15, 0.2) is 23.8 Å². The highest BCUT2D eigenvalue weighted by atomic mass is 16.7. The topological polar surface area (TPSA) is 180 Å². The van der Waals surface area contributed by atoms with E-state index >= 15 is 0 Å². The highest BCUT2D eigenvalue weighted by Crippen LogP contribution is 2.74. The van der Waals surface area contributed by atoms with E-state index in [0.29, 0.717) is 12.8 Å². The number of esters is 1. The molecule has 0 amide bonds. The fraction of sp³-hybridized carbons (Fsp3) is 0.816. The van der Waals surface area contributed by atoms with Crippen molar-refractivity contribution in [3.63, 3.8) is 0 Å². The highest BCUT2D eigenvalue weighted by Gasteiger charge is 2.75. The summed E-state index contributed by atoms with van der Waals surface area (Å²) < 4.78 is 18.3. The van der Waals surface area contributed by atoms with Gasteiger partial charge >= 0.3 is 5.97 Å². The molecule has 14 atom stereocenters. The van der Waals surface area contributed by atoms with Crippen molar-refractivity contribution >= 4 is 17.5 Å². The van der Waals surface area contributed by atoms with Crippen LogP contribution in [-0.2, 0) is 28.6 Å². The summed E-state index contributed by atoms with van der Waals surface area (Å²) in [6.07, 6.45) is -0.883.